The molecule has 0 aromatic rings. The van der Waals surface area contributed by atoms with Crippen LogP contribution in [0, 0.1) is 0 Å². The summed E-state index contributed by atoms with van der Waals surface area (Å²) in [5.74, 6) is -1.55. The van der Waals surface area contributed by atoms with Crippen LogP contribution >= 0.6 is 0 Å². The first kappa shape index (κ1) is 15.2. The Bertz CT molecular complexity index is 347. The van der Waals surface area contributed by atoms with Crippen LogP contribution in [0.1, 0.15) is 13.3 Å². The lowest BCUT2D eigenvalue weighted by molar-refractivity contribution is -0.142. The van der Waals surface area contributed by atoms with Crippen molar-refractivity contribution >= 4 is 17.9 Å². The lowest BCUT2D eigenvalue weighted by Gasteiger charge is -2.34. The van der Waals surface area contributed by atoms with Gasteiger partial charge < -0.3 is 25.4 Å². The topological polar surface area (TPSA) is 108 Å². The minimum absolute atomic E-state index is 0.296. The Balaban J connectivity index is 2.53. The van der Waals surface area contributed by atoms with Gasteiger partial charge >= 0.3 is 12.0 Å². The van der Waals surface area contributed by atoms with Crippen molar-refractivity contribution in [3.63, 3.8) is 0 Å². The van der Waals surface area contributed by atoms with Crippen molar-refractivity contribution in [1.82, 2.24) is 15.5 Å². The van der Waals surface area contributed by atoms with Gasteiger partial charge in [0.25, 0.3) is 0 Å². The summed E-state index contributed by atoms with van der Waals surface area (Å²) in [5.41, 5.74) is 0. The zero-order chi connectivity index (χ0) is 14.3. The summed E-state index contributed by atoms with van der Waals surface area (Å²) in [4.78, 5) is 35.5. The normalized spacial score (nSPS) is 18.9. The van der Waals surface area contributed by atoms with Gasteiger partial charge in [0.2, 0.25) is 5.91 Å². The van der Waals surface area contributed by atoms with Gasteiger partial charge in [-0.1, -0.05) is 0 Å². The van der Waals surface area contributed by atoms with Crippen molar-refractivity contribution in [2.45, 2.75) is 19.4 Å². The molecule has 1 saturated heterocycles. The number of nitrogens with zero attached hydrogens (tertiary/aromatic N) is 1. The van der Waals surface area contributed by atoms with Crippen molar-refractivity contribution in [3.8, 4) is 0 Å². The van der Waals surface area contributed by atoms with Gasteiger partial charge in [0.05, 0.1) is 13.0 Å². The van der Waals surface area contributed by atoms with Crippen LogP contribution in [0.25, 0.3) is 0 Å². The average Bonchev–Trinajstić information content (AvgIpc) is 2.36. The number of hydrogen-bond donors (Lipinski definition) is 3. The van der Waals surface area contributed by atoms with Gasteiger partial charge in [-0.15, -0.1) is 0 Å². The summed E-state index contributed by atoms with van der Waals surface area (Å²) in [6.45, 7) is 3.73. The van der Waals surface area contributed by atoms with E-state index in [1.807, 2.05) is 6.92 Å². The highest BCUT2D eigenvalue weighted by Gasteiger charge is 2.34. The Morgan fingerprint density at radius 1 is 1.58 bits per heavy atom. The Labute approximate surface area is 111 Å². The molecule has 8 heteroatoms. The Hall–Kier alpha value is -1.83. The Kier molecular flexibility index (Phi) is 6.07. The van der Waals surface area contributed by atoms with Gasteiger partial charge in [-0.3, -0.25) is 9.59 Å². The molecule has 1 fully saturated rings. The summed E-state index contributed by atoms with van der Waals surface area (Å²) in [6.07, 6.45) is -0.398. The molecule has 1 atom stereocenters. The fourth-order valence-corrected chi connectivity index (χ4v) is 1.80. The third-order valence-electron chi connectivity index (χ3n) is 2.69. The first-order valence-corrected chi connectivity index (χ1v) is 6.18. The standard InChI is InChI=1S/C11H19N3O5/c1-2-19-6-4-13-11(18)14-5-3-12-10(17)8(14)7-9(15)16/h8H,2-7H2,1H3,(H,12,17)(H,13,18)(H,15,16). The van der Waals surface area contributed by atoms with E-state index >= 15 is 0 Å². The molecular formula is C11H19N3O5. The maximum atomic E-state index is 11.9. The molecule has 3 amide bonds. The molecule has 8 nitrogen and oxygen atoms in total. The van der Waals surface area contributed by atoms with Crippen LogP contribution in [0.15, 0.2) is 0 Å². The maximum absolute atomic E-state index is 11.9. The number of carbonyl (C=O) groups excluding carboxylic acids is 2. The van der Waals surface area contributed by atoms with E-state index in [-0.39, 0.29) is 0 Å². The van der Waals surface area contributed by atoms with Crippen LogP contribution in [0.5, 0.6) is 0 Å². The number of rotatable bonds is 6. The van der Waals surface area contributed by atoms with Crippen molar-refractivity contribution < 1.29 is 24.2 Å². The molecule has 0 aromatic heterocycles. The molecule has 1 heterocycles. The summed E-state index contributed by atoms with van der Waals surface area (Å²) < 4.78 is 5.08. The van der Waals surface area contributed by atoms with E-state index in [9.17, 15) is 14.4 Å². The highest BCUT2D eigenvalue weighted by Crippen LogP contribution is 2.09. The van der Waals surface area contributed by atoms with Crippen LogP contribution in [-0.2, 0) is 14.3 Å². The molecule has 0 radical (unpaired) electrons. The number of carboxylic acid groups (broad SMARTS) is 1. The van der Waals surface area contributed by atoms with Crippen LogP contribution < -0.4 is 10.6 Å². The van der Waals surface area contributed by atoms with E-state index in [0.717, 1.165) is 0 Å². The number of hydrogen-bond acceptors (Lipinski definition) is 4. The van der Waals surface area contributed by atoms with Crippen LogP contribution in [0.3, 0.4) is 0 Å². The fourth-order valence-electron chi connectivity index (χ4n) is 1.80. The minimum atomic E-state index is -1.12. The summed E-state index contributed by atoms with van der Waals surface area (Å²) >= 11 is 0. The van der Waals surface area contributed by atoms with Gasteiger partial charge in [-0.2, -0.15) is 0 Å². The van der Waals surface area contributed by atoms with E-state index in [2.05, 4.69) is 10.6 Å². The van der Waals surface area contributed by atoms with Crippen LogP contribution in [0.2, 0.25) is 0 Å². The zero-order valence-corrected chi connectivity index (χ0v) is 10.8. The molecule has 1 aliphatic rings. The monoisotopic (exact) mass is 273 g/mol. The summed E-state index contributed by atoms with van der Waals surface area (Å²) in [7, 11) is 0. The predicted molar refractivity (Wildman–Crippen MR) is 65.6 cm³/mol. The smallest absolute Gasteiger partial charge is 0.318 e. The van der Waals surface area contributed by atoms with Gasteiger partial charge in [-0.25, -0.2) is 4.79 Å². The highest BCUT2D eigenvalue weighted by molar-refractivity contribution is 5.91. The van der Waals surface area contributed by atoms with E-state index in [4.69, 9.17) is 9.84 Å². The van der Waals surface area contributed by atoms with E-state index < -0.39 is 30.4 Å². The van der Waals surface area contributed by atoms with Gasteiger partial charge in [0.1, 0.15) is 6.04 Å². The molecular weight excluding hydrogens is 254 g/mol. The average molecular weight is 273 g/mol. The van der Waals surface area contributed by atoms with Crippen LogP contribution in [-0.4, -0.2) is 66.8 Å². The molecule has 3 N–H and O–H groups in total. The first-order valence-electron chi connectivity index (χ1n) is 6.18. The first-order chi connectivity index (χ1) is 9.06. The molecule has 0 saturated carbocycles. The van der Waals surface area contributed by atoms with Crippen molar-refractivity contribution in [2.75, 3.05) is 32.8 Å². The SMILES string of the molecule is CCOCCNC(=O)N1CCNC(=O)C1CC(=O)O. The third kappa shape index (κ3) is 4.74. The minimum Gasteiger partial charge on any atom is -0.481 e. The number of amides is 3. The van der Waals surface area contributed by atoms with Crippen molar-refractivity contribution in [1.29, 1.82) is 0 Å². The molecule has 0 aromatic carbocycles. The second-order valence-electron chi connectivity index (χ2n) is 4.03. The summed E-state index contributed by atoms with van der Waals surface area (Å²) in [6, 6.07) is -1.40. The molecule has 1 rings (SSSR count). The molecule has 0 spiro atoms. The Morgan fingerprint density at radius 3 is 2.95 bits per heavy atom. The quantitative estimate of drug-likeness (QED) is 0.538. The number of carbonyl (C=O) groups is 3. The van der Waals surface area contributed by atoms with Crippen molar-refractivity contribution in [3.05, 3.63) is 0 Å². The van der Waals surface area contributed by atoms with E-state index in [1.165, 1.54) is 4.90 Å². The second-order valence-corrected chi connectivity index (χ2v) is 4.03. The molecule has 0 aliphatic carbocycles. The number of nitrogens with one attached hydrogen (secondary N) is 2. The second kappa shape index (κ2) is 7.57. The molecule has 1 aliphatic heterocycles. The van der Waals surface area contributed by atoms with Crippen molar-refractivity contribution in [2.24, 2.45) is 0 Å². The number of urea groups is 1. The maximum Gasteiger partial charge on any atom is 0.318 e. The van der Waals surface area contributed by atoms with Gasteiger partial charge in [0, 0.05) is 26.2 Å². The number of aliphatic carboxylic acids is 1. The fraction of sp³-hybridized carbons (Fsp3) is 0.727. The van der Waals surface area contributed by atoms with Crippen LogP contribution in [0.4, 0.5) is 4.79 Å². The molecule has 1 unspecified atom stereocenters. The van der Waals surface area contributed by atoms with E-state index in [0.29, 0.717) is 32.8 Å². The number of piperazine rings is 1. The molecule has 19 heavy (non-hydrogen) atoms. The Morgan fingerprint density at radius 2 is 2.32 bits per heavy atom. The third-order valence-corrected chi connectivity index (χ3v) is 2.69. The summed E-state index contributed by atoms with van der Waals surface area (Å²) in [5, 5.41) is 13.9. The van der Waals surface area contributed by atoms with E-state index in [1.54, 1.807) is 0 Å². The zero-order valence-electron chi connectivity index (χ0n) is 10.8. The lowest BCUT2D eigenvalue weighted by atomic mass is 10.1. The lowest BCUT2D eigenvalue weighted by Crippen LogP contribution is -2.60. The predicted octanol–water partition coefficient (Wildman–Crippen LogP) is -0.992. The number of ether oxygens (including phenoxy) is 1. The molecule has 108 valence electrons. The number of carboxylic acids is 1. The van der Waals surface area contributed by atoms with Gasteiger partial charge in [0.15, 0.2) is 0 Å². The largest absolute Gasteiger partial charge is 0.481 e. The molecule has 0 bridgehead atoms. The van der Waals surface area contributed by atoms with Gasteiger partial charge in [-0.05, 0) is 6.92 Å². The highest BCUT2D eigenvalue weighted by atomic mass is 16.5.